The van der Waals surface area contributed by atoms with Crippen molar-refractivity contribution >= 4 is 29.5 Å². The molecule has 0 radical (unpaired) electrons. The van der Waals surface area contributed by atoms with Crippen molar-refractivity contribution in [2.75, 3.05) is 0 Å². The zero-order valence-electron chi connectivity index (χ0n) is 13.7. The number of carbonyl (C=O) groups is 3. The molecule has 7 heteroatoms. The minimum absolute atomic E-state index is 0.0811. The summed E-state index contributed by atoms with van der Waals surface area (Å²) < 4.78 is -0.0918. The normalized spacial score (nSPS) is 28.7. The first-order valence-electron chi connectivity index (χ1n) is 7.82. The lowest BCUT2D eigenvalue weighted by atomic mass is 9.95. The van der Waals surface area contributed by atoms with Gasteiger partial charge in [-0.25, -0.2) is 0 Å². The number of thioether (sulfide) groups is 1. The number of aliphatic carboxylic acids is 1. The summed E-state index contributed by atoms with van der Waals surface area (Å²) >= 11 is 1.64. The third kappa shape index (κ3) is 2.56. The highest BCUT2D eigenvalue weighted by Crippen LogP contribution is 2.50. The number of nitrogens with one attached hydrogen (secondary N) is 1. The molecule has 2 heterocycles. The van der Waals surface area contributed by atoms with Crippen LogP contribution in [0.1, 0.15) is 32.3 Å². The summed E-state index contributed by atoms with van der Waals surface area (Å²) in [5, 5.41) is 11.9. The fourth-order valence-electron chi connectivity index (χ4n) is 3.19. The van der Waals surface area contributed by atoms with E-state index in [0.29, 0.717) is 5.56 Å². The molecule has 6 nitrogen and oxygen atoms in total. The van der Waals surface area contributed by atoms with Gasteiger partial charge in [-0.15, -0.1) is 11.8 Å². The second kappa shape index (κ2) is 5.81. The van der Waals surface area contributed by atoms with Gasteiger partial charge in [-0.1, -0.05) is 30.3 Å². The predicted octanol–water partition coefficient (Wildman–Crippen LogP) is 1.42. The molecule has 2 unspecified atom stereocenters. The van der Waals surface area contributed by atoms with Gasteiger partial charge in [0.25, 0.3) is 0 Å². The van der Waals surface area contributed by atoms with Crippen LogP contribution in [0.3, 0.4) is 0 Å². The third-order valence-electron chi connectivity index (χ3n) is 4.87. The number of hydrogen-bond donors (Lipinski definition) is 2. The van der Waals surface area contributed by atoms with Crippen LogP contribution in [0.2, 0.25) is 0 Å². The molecule has 1 aromatic rings. The van der Waals surface area contributed by atoms with Crippen molar-refractivity contribution in [1.82, 2.24) is 10.2 Å². The molecule has 0 saturated carbocycles. The number of carbonyl (C=O) groups excluding carboxylic acids is 2. The van der Waals surface area contributed by atoms with Crippen LogP contribution in [0.25, 0.3) is 0 Å². The number of carboxylic acids is 1. The van der Waals surface area contributed by atoms with Crippen molar-refractivity contribution < 1.29 is 19.5 Å². The lowest BCUT2D eigenvalue weighted by Gasteiger charge is -2.44. The Bertz CT molecular complexity index is 691. The van der Waals surface area contributed by atoms with Gasteiger partial charge in [-0.05, 0) is 26.3 Å². The lowest BCUT2D eigenvalue weighted by Crippen LogP contribution is -2.69. The number of benzene rings is 1. The van der Waals surface area contributed by atoms with Crippen molar-refractivity contribution in [1.29, 1.82) is 0 Å². The summed E-state index contributed by atoms with van der Waals surface area (Å²) in [6, 6.07) is 7.75. The van der Waals surface area contributed by atoms with E-state index in [-0.39, 0.29) is 22.1 Å². The Morgan fingerprint density at radius 3 is 2.50 bits per heavy atom. The van der Waals surface area contributed by atoms with E-state index >= 15 is 0 Å². The van der Waals surface area contributed by atoms with E-state index < -0.39 is 23.8 Å². The minimum atomic E-state index is -1.31. The Hall–Kier alpha value is -2.02. The summed E-state index contributed by atoms with van der Waals surface area (Å²) in [6.07, 6.45) is 0. The Morgan fingerprint density at radius 1 is 1.29 bits per heavy atom. The Balaban J connectivity index is 1.75. The number of fused-ring (bicyclic) bond motifs is 1. The highest BCUT2D eigenvalue weighted by Gasteiger charge is 2.60. The molecule has 0 aromatic heterocycles. The molecular weight excluding hydrogens is 328 g/mol. The first-order chi connectivity index (χ1) is 11.2. The maximum atomic E-state index is 12.5. The topological polar surface area (TPSA) is 86.7 Å². The van der Waals surface area contributed by atoms with Crippen molar-refractivity contribution in [3.05, 3.63) is 35.9 Å². The highest BCUT2D eigenvalue weighted by atomic mass is 32.2. The molecule has 4 atom stereocenters. The van der Waals surface area contributed by atoms with Crippen molar-refractivity contribution in [3.63, 3.8) is 0 Å². The van der Waals surface area contributed by atoms with Crippen molar-refractivity contribution in [2.45, 2.75) is 48.9 Å². The van der Waals surface area contributed by atoms with E-state index in [4.69, 9.17) is 0 Å². The van der Waals surface area contributed by atoms with Crippen LogP contribution < -0.4 is 5.32 Å². The third-order valence-corrected chi connectivity index (χ3v) is 6.56. The first kappa shape index (κ1) is 16.8. The lowest BCUT2D eigenvalue weighted by molar-refractivity contribution is -0.153. The molecule has 128 valence electrons. The highest BCUT2D eigenvalue weighted by molar-refractivity contribution is 8.01. The van der Waals surface area contributed by atoms with E-state index in [9.17, 15) is 19.5 Å². The summed E-state index contributed by atoms with van der Waals surface area (Å²) in [4.78, 5) is 38.2. The summed E-state index contributed by atoms with van der Waals surface area (Å²) in [7, 11) is 0. The largest absolute Gasteiger partial charge is 0.480 e. The average Bonchev–Trinajstić information content (AvgIpc) is 2.73. The zero-order valence-corrected chi connectivity index (χ0v) is 14.5. The number of β-lactam (4-membered cyclic amide) rings is 1. The maximum absolute atomic E-state index is 12.5. The van der Waals surface area contributed by atoms with E-state index in [1.807, 2.05) is 6.92 Å². The predicted molar refractivity (Wildman–Crippen MR) is 90.5 cm³/mol. The number of rotatable bonds is 4. The molecule has 2 N–H and O–H groups in total. The van der Waals surface area contributed by atoms with Crippen LogP contribution in [0.4, 0.5) is 0 Å². The van der Waals surface area contributed by atoms with Gasteiger partial charge in [-0.3, -0.25) is 14.4 Å². The van der Waals surface area contributed by atoms with E-state index in [2.05, 4.69) is 19.2 Å². The van der Waals surface area contributed by atoms with Crippen molar-refractivity contribution in [3.8, 4) is 0 Å². The second-order valence-electron chi connectivity index (χ2n) is 6.70. The van der Waals surface area contributed by atoms with Crippen LogP contribution >= 0.6 is 11.8 Å². The molecule has 2 aliphatic rings. The molecular formula is C17H20N2O4S. The van der Waals surface area contributed by atoms with E-state index in [0.717, 1.165) is 0 Å². The van der Waals surface area contributed by atoms with Crippen molar-refractivity contribution in [2.24, 2.45) is 0 Å². The summed E-state index contributed by atoms with van der Waals surface area (Å²) in [6.45, 7) is 6.13. The fraction of sp³-hybridized carbons (Fsp3) is 0.471. The standard InChI is InChI=1S/C17H20N2O4S/c1-9-17(2,3)24-15-12(14(21)19(9)15)18-13(20)11(16(22)23)10-7-5-4-6-8-10/h4-9,11-12,15H,1-3H3,(H,18,20)(H,22,23)/t9?,11?,12-,15-/m1/s1. The molecule has 3 rings (SSSR count). The van der Waals surface area contributed by atoms with Gasteiger partial charge in [0.15, 0.2) is 5.92 Å². The Kier molecular flexibility index (Phi) is 4.07. The van der Waals surface area contributed by atoms with Crippen LogP contribution in [-0.2, 0) is 14.4 Å². The van der Waals surface area contributed by atoms with Gasteiger partial charge in [-0.2, -0.15) is 0 Å². The summed E-state index contributed by atoms with van der Waals surface area (Å²) in [5.74, 6) is -3.33. The first-order valence-corrected chi connectivity index (χ1v) is 8.70. The number of carboxylic acid groups (broad SMARTS) is 1. The van der Waals surface area contributed by atoms with Gasteiger partial charge < -0.3 is 15.3 Å². The molecule has 2 amide bonds. The molecule has 2 saturated heterocycles. The van der Waals surface area contributed by atoms with Crippen LogP contribution in [0.15, 0.2) is 30.3 Å². The van der Waals surface area contributed by atoms with E-state index in [1.54, 1.807) is 47.0 Å². The SMILES string of the molecule is CC1N2C(=O)[C@@H](NC(=O)C(C(=O)O)c3ccccc3)[C@H]2SC1(C)C. The molecule has 2 fully saturated rings. The molecule has 24 heavy (non-hydrogen) atoms. The molecule has 0 spiro atoms. The maximum Gasteiger partial charge on any atom is 0.320 e. The van der Waals surface area contributed by atoms with Crippen LogP contribution in [-0.4, -0.2) is 50.0 Å². The van der Waals surface area contributed by atoms with Crippen LogP contribution in [0.5, 0.6) is 0 Å². The van der Waals surface area contributed by atoms with Gasteiger partial charge in [0.1, 0.15) is 11.4 Å². The van der Waals surface area contributed by atoms with Gasteiger partial charge in [0, 0.05) is 10.8 Å². The quantitative estimate of drug-likeness (QED) is 0.635. The Labute approximate surface area is 144 Å². The summed E-state index contributed by atoms with van der Waals surface area (Å²) in [5.41, 5.74) is 0.402. The van der Waals surface area contributed by atoms with E-state index in [1.165, 1.54) is 0 Å². The van der Waals surface area contributed by atoms with Gasteiger partial charge in [0.2, 0.25) is 11.8 Å². The minimum Gasteiger partial charge on any atom is -0.480 e. The average molecular weight is 348 g/mol. The fourth-order valence-corrected chi connectivity index (χ4v) is 4.84. The number of hydrogen-bond acceptors (Lipinski definition) is 4. The molecule has 0 bridgehead atoms. The van der Waals surface area contributed by atoms with Crippen LogP contribution in [0, 0.1) is 0 Å². The molecule has 0 aliphatic carbocycles. The Morgan fingerprint density at radius 2 is 1.92 bits per heavy atom. The van der Waals surface area contributed by atoms with Gasteiger partial charge in [0.05, 0.1) is 0 Å². The number of amides is 2. The number of nitrogens with zero attached hydrogens (tertiary/aromatic N) is 1. The van der Waals surface area contributed by atoms with Gasteiger partial charge >= 0.3 is 5.97 Å². The smallest absolute Gasteiger partial charge is 0.320 e. The molecule has 2 aliphatic heterocycles. The monoisotopic (exact) mass is 348 g/mol. The second-order valence-corrected chi connectivity index (χ2v) is 8.47. The zero-order chi connectivity index (χ0) is 17.6. The molecule has 1 aromatic carbocycles.